The van der Waals surface area contributed by atoms with E-state index >= 15 is 0 Å². The van der Waals surface area contributed by atoms with Gasteiger partial charge in [-0.3, -0.25) is 4.79 Å². The lowest BCUT2D eigenvalue weighted by Crippen LogP contribution is -2.43. The van der Waals surface area contributed by atoms with Gasteiger partial charge in [0.15, 0.2) is 0 Å². The first-order valence-corrected chi connectivity index (χ1v) is 5.69. The third-order valence-electron chi connectivity index (χ3n) is 2.70. The highest BCUT2D eigenvalue weighted by atomic mass is 19.3. The Morgan fingerprint density at radius 3 is 2.56 bits per heavy atom. The van der Waals surface area contributed by atoms with Crippen molar-refractivity contribution < 1.29 is 18.3 Å². The summed E-state index contributed by atoms with van der Waals surface area (Å²) in [7, 11) is 0. The van der Waals surface area contributed by atoms with Crippen LogP contribution in [-0.4, -0.2) is 25.6 Å². The minimum Gasteiger partial charge on any atom is -0.435 e. The largest absolute Gasteiger partial charge is 0.435 e. The van der Waals surface area contributed by atoms with Crippen molar-refractivity contribution in [3.05, 3.63) is 24.3 Å². The van der Waals surface area contributed by atoms with Gasteiger partial charge in [-0.2, -0.15) is 8.78 Å². The zero-order chi connectivity index (χ0) is 13.0. The molecule has 0 atom stereocenters. The standard InChI is InChI=1S/C12H14F2N2O2/c13-12(14)18-10-3-1-9(2-4-10)16-11(17)5-8-6-15-7-8/h1-4,8,12,15H,5-7H2,(H,16,17). The predicted octanol–water partition coefficient (Wildman–Crippen LogP) is 1.84. The Balaban J connectivity index is 1.83. The lowest BCUT2D eigenvalue weighted by Gasteiger charge is -2.26. The second-order valence-electron chi connectivity index (χ2n) is 4.18. The van der Waals surface area contributed by atoms with Crippen LogP contribution in [0.2, 0.25) is 0 Å². The summed E-state index contributed by atoms with van der Waals surface area (Å²) in [6.07, 6.45) is 0.474. The van der Waals surface area contributed by atoms with Crippen LogP contribution in [0.25, 0.3) is 0 Å². The molecule has 1 aromatic rings. The molecule has 0 bridgehead atoms. The molecule has 2 rings (SSSR count). The summed E-state index contributed by atoms with van der Waals surface area (Å²) in [5.74, 6) is 0.404. The van der Waals surface area contributed by atoms with Crippen LogP contribution in [0, 0.1) is 5.92 Å². The molecular weight excluding hydrogens is 242 g/mol. The molecule has 1 saturated heterocycles. The van der Waals surface area contributed by atoms with Gasteiger partial charge in [-0.25, -0.2) is 0 Å². The summed E-state index contributed by atoms with van der Waals surface area (Å²) in [6, 6.07) is 5.86. The zero-order valence-corrected chi connectivity index (χ0v) is 9.66. The fourth-order valence-electron chi connectivity index (χ4n) is 1.69. The topological polar surface area (TPSA) is 50.4 Å². The SMILES string of the molecule is O=C(CC1CNC1)Nc1ccc(OC(F)F)cc1. The van der Waals surface area contributed by atoms with Crippen molar-refractivity contribution >= 4 is 11.6 Å². The molecule has 6 heteroatoms. The van der Waals surface area contributed by atoms with Gasteiger partial charge in [0.1, 0.15) is 5.75 Å². The average molecular weight is 256 g/mol. The highest BCUT2D eigenvalue weighted by molar-refractivity contribution is 5.90. The van der Waals surface area contributed by atoms with Crippen molar-refractivity contribution in [1.82, 2.24) is 5.32 Å². The van der Waals surface area contributed by atoms with Gasteiger partial charge in [-0.1, -0.05) is 0 Å². The van der Waals surface area contributed by atoms with E-state index in [0.29, 0.717) is 18.0 Å². The predicted molar refractivity (Wildman–Crippen MR) is 62.7 cm³/mol. The minimum atomic E-state index is -2.84. The number of hydrogen-bond donors (Lipinski definition) is 2. The molecule has 0 spiro atoms. The number of alkyl halides is 2. The maximum Gasteiger partial charge on any atom is 0.387 e. The van der Waals surface area contributed by atoms with Gasteiger partial charge in [-0.05, 0) is 43.3 Å². The first-order chi connectivity index (χ1) is 8.63. The van der Waals surface area contributed by atoms with Gasteiger partial charge in [0.2, 0.25) is 5.91 Å². The summed E-state index contributed by atoms with van der Waals surface area (Å²) < 4.78 is 28.1. The lowest BCUT2D eigenvalue weighted by molar-refractivity contribution is -0.117. The molecule has 1 aromatic carbocycles. The van der Waals surface area contributed by atoms with Crippen LogP contribution in [0.15, 0.2) is 24.3 Å². The number of rotatable bonds is 5. The van der Waals surface area contributed by atoms with Crippen LogP contribution < -0.4 is 15.4 Å². The summed E-state index contributed by atoms with van der Waals surface area (Å²) in [4.78, 5) is 11.6. The highest BCUT2D eigenvalue weighted by Crippen LogP contribution is 2.18. The second kappa shape index (κ2) is 5.77. The van der Waals surface area contributed by atoms with Crippen molar-refractivity contribution in [1.29, 1.82) is 0 Å². The van der Waals surface area contributed by atoms with E-state index in [2.05, 4.69) is 15.4 Å². The van der Waals surface area contributed by atoms with E-state index in [9.17, 15) is 13.6 Å². The van der Waals surface area contributed by atoms with Crippen LogP contribution in [0.4, 0.5) is 14.5 Å². The maximum absolute atomic E-state index is 11.9. The van der Waals surface area contributed by atoms with E-state index in [1.54, 1.807) is 0 Å². The fraction of sp³-hybridized carbons (Fsp3) is 0.417. The molecular formula is C12H14F2N2O2. The molecule has 2 N–H and O–H groups in total. The first-order valence-electron chi connectivity index (χ1n) is 5.69. The molecule has 4 nitrogen and oxygen atoms in total. The molecule has 1 fully saturated rings. The van der Waals surface area contributed by atoms with Crippen LogP contribution in [0.5, 0.6) is 5.75 Å². The average Bonchev–Trinajstić information content (AvgIpc) is 2.26. The van der Waals surface area contributed by atoms with Crippen LogP contribution >= 0.6 is 0 Å². The summed E-state index contributed by atoms with van der Waals surface area (Å²) in [5.41, 5.74) is 0.578. The fourth-order valence-corrected chi connectivity index (χ4v) is 1.69. The molecule has 0 saturated carbocycles. The first kappa shape index (κ1) is 12.8. The third kappa shape index (κ3) is 3.66. The van der Waals surface area contributed by atoms with E-state index in [1.807, 2.05) is 0 Å². The monoisotopic (exact) mass is 256 g/mol. The molecule has 0 unspecified atom stereocenters. The van der Waals surface area contributed by atoms with Crippen molar-refractivity contribution in [3.8, 4) is 5.75 Å². The van der Waals surface area contributed by atoms with Gasteiger partial charge < -0.3 is 15.4 Å². The van der Waals surface area contributed by atoms with Crippen molar-refractivity contribution in [2.24, 2.45) is 5.92 Å². The third-order valence-corrected chi connectivity index (χ3v) is 2.70. The van der Waals surface area contributed by atoms with Gasteiger partial charge in [0, 0.05) is 12.1 Å². The van der Waals surface area contributed by atoms with Gasteiger partial charge >= 0.3 is 6.61 Å². The number of anilines is 1. The van der Waals surface area contributed by atoms with Crippen molar-refractivity contribution in [2.45, 2.75) is 13.0 Å². The molecule has 1 aliphatic heterocycles. The number of halogens is 2. The molecule has 98 valence electrons. The molecule has 0 aromatic heterocycles. The summed E-state index contributed by atoms with van der Waals surface area (Å²) in [5, 5.41) is 5.80. The number of nitrogens with one attached hydrogen (secondary N) is 2. The Labute approximate surface area is 103 Å². The van der Waals surface area contributed by atoms with E-state index in [1.165, 1.54) is 24.3 Å². The normalized spacial score (nSPS) is 15.3. The second-order valence-corrected chi connectivity index (χ2v) is 4.18. The quantitative estimate of drug-likeness (QED) is 0.845. The minimum absolute atomic E-state index is 0.0657. The molecule has 0 radical (unpaired) electrons. The number of ether oxygens (including phenoxy) is 1. The molecule has 0 aliphatic carbocycles. The zero-order valence-electron chi connectivity index (χ0n) is 9.66. The number of benzene rings is 1. The summed E-state index contributed by atoms with van der Waals surface area (Å²) in [6.45, 7) is -1.10. The van der Waals surface area contributed by atoms with Gasteiger partial charge in [-0.15, -0.1) is 0 Å². The van der Waals surface area contributed by atoms with Crippen LogP contribution in [0.3, 0.4) is 0 Å². The van der Waals surface area contributed by atoms with E-state index in [0.717, 1.165) is 13.1 Å². The maximum atomic E-state index is 11.9. The van der Waals surface area contributed by atoms with Crippen molar-refractivity contribution in [2.75, 3.05) is 18.4 Å². The molecule has 1 heterocycles. The Bertz CT molecular complexity index is 405. The Morgan fingerprint density at radius 2 is 2.06 bits per heavy atom. The Morgan fingerprint density at radius 1 is 1.39 bits per heavy atom. The van der Waals surface area contributed by atoms with Gasteiger partial charge in [0.25, 0.3) is 0 Å². The smallest absolute Gasteiger partial charge is 0.387 e. The Kier molecular flexibility index (Phi) is 4.09. The van der Waals surface area contributed by atoms with E-state index in [4.69, 9.17) is 0 Å². The number of amides is 1. The van der Waals surface area contributed by atoms with E-state index in [-0.39, 0.29) is 11.7 Å². The number of carbonyl (C=O) groups excluding carboxylic acids is 1. The Hall–Kier alpha value is -1.69. The molecule has 1 amide bonds. The van der Waals surface area contributed by atoms with E-state index < -0.39 is 6.61 Å². The lowest BCUT2D eigenvalue weighted by atomic mass is 9.99. The number of hydrogen-bond acceptors (Lipinski definition) is 3. The highest BCUT2D eigenvalue weighted by Gasteiger charge is 2.19. The van der Waals surface area contributed by atoms with Crippen LogP contribution in [0.1, 0.15) is 6.42 Å². The van der Waals surface area contributed by atoms with Crippen molar-refractivity contribution in [3.63, 3.8) is 0 Å². The number of carbonyl (C=O) groups is 1. The molecule has 18 heavy (non-hydrogen) atoms. The molecule has 1 aliphatic rings. The summed E-state index contributed by atoms with van der Waals surface area (Å²) >= 11 is 0. The van der Waals surface area contributed by atoms with Crippen LogP contribution in [-0.2, 0) is 4.79 Å². The van der Waals surface area contributed by atoms with Gasteiger partial charge in [0.05, 0.1) is 0 Å².